The van der Waals surface area contributed by atoms with E-state index in [4.69, 9.17) is 0 Å². The van der Waals surface area contributed by atoms with Crippen LogP contribution in [0, 0.1) is 5.82 Å². The monoisotopic (exact) mass is 519 g/mol. The van der Waals surface area contributed by atoms with Gasteiger partial charge in [0.15, 0.2) is 0 Å². The summed E-state index contributed by atoms with van der Waals surface area (Å²) in [5, 5.41) is 8.92. The minimum Gasteiger partial charge on any atom is -0.331 e. The number of thiazole rings is 1. The molecule has 0 bridgehead atoms. The Morgan fingerprint density at radius 3 is 2.38 bits per heavy atom. The summed E-state index contributed by atoms with van der Waals surface area (Å²) in [6, 6.07) is 9.51. The lowest BCUT2D eigenvalue weighted by atomic mass is 9.71. The van der Waals surface area contributed by atoms with Gasteiger partial charge >= 0.3 is 0 Å². The van der Waals surface area contributed by atoms with Gasteiger partial charge in [-0.05, 0) is 24.3 Å². The fourth-order valence-corrected chi connectivity index (χ4v) is 5.63. The first-order valence-electron chi connectivity index (χ1n) is 11.5. The average molecular weight is 520 g/mol. The number of benzene rings is 1. The molecule has 1 aliphatic carbocycles. The molecule has 1 saturated carbocycles. The molecule has 37 heavy (non-hydrogen) atoms. The third-order valence-electron chi connectivity index (χ3n) is 6.77. The zero-order valence-corrected chi connectivity index (χ0v) is 20.3. The van der Waals surface area contributed by atoms with Gasteiger partial charge in [-0.2, -0.15) is 0 Å². The largest absolute Gasteiger partial charge is 0.331 e. The van der Waals surface area contributed by atoms with Crippen molar-refractivity contribution >= 4 is 29.1 Å². The molecule has 2 amide bonds. The van der Waals surface area contributed by atoms with Crippen LogP contribution in [-0.4, -0.2) is 55.1 Å². The number of pyridine rings is 1. The minimum atomic E-state index is -1.08. The van der Waals surface area contributed by atoms with Crippen LogP contribution in [0.5, 0.6) is 0 Å². The average Bonchev–Trinajstić information content (AvgIpc) is 3.46. The van der Waals surface area contributed by atoms with Crippen LogP contribution in [0.25, 0.3) is 10.7 Å². The highest BCUT2D eigenvalue weighted by Gasteiger charge is 2.52. The summed E-state index contributed by atoms with van der Waals surface area (Å²) in [5.74, 6) is -0.994. The number of nitrogens with zero attached hydrogens (tertiary/aromatic N) is 7. The van der Waals surface area contributed by atoms with Crippen LogP contribution in [-0.2, 0) is 12.1 Å². The smallest absolute Gasteiger partial charge is 0.261 e. The summed E-state index contributed by atoms with van der Waals surface area (Å²) >= 11 is 1.27. The number of amides is 2. The summed E-state index contributed by atoms with van der Waals surface area (Å²) < 4.78 is 28.5. The van der Waals surface area contributed by atoms with E-state index in [0.717, 1.165) is 0 Å². The van der Waals surface area contributed by atoms with Crippen molar-refractivity contribution in [3.63, 3.8) is 0 Å². The third kappa shape index (κ3) is 3.75. The fourth-order valence-electron chi connectivity index (χ4n) is 4.78. The Labute approximate surface area is 213 Å². The van der Waals surface area contributed by atoms with Gasteiger partial charge in [0.1, 0.15) is 28.4 Å². The predicted molar refractivity (Wildman–Crippen MR) is 130 cm³/mol. The summed E-state index contributed by atoms with van der Waals surface area (Å²) in [6.07, 6.45) is 3.60. The van der Waals surface area contributed by atoms with Crippen LogP contribution in [0.1, 0.15) is 44.1 Å². The number of carbonyl (C=O) groups excluding carboxylic acids is 2. The van der Waals surface area contributed by atoms with Crippen molar-refractivity contribution < 1.29 is 18.4 Å². The van der Waals surface area contributed by atoms with E-state index >= 15 is 0 Å². The van der Waals surface area contributed by atoms with E-state index in [0.29, 0.717) is 26.7 Å². The van der Waals surface area contributed by atoms with E-state index < -0.39 is 17.5 Å². The maximum atomic E-state index is 14.5. The Hall–Kier alpha value is -4.19. The molecule has 0 N–H and O–H groups in total. The van der Waals surface area contributed by atoms with Gasteiger partial charge in [-0.25, -0.2) is 18.7 Å². The molecule has 4 aromatic rings. The van der Waals surface area contributed by atoms with E-state index in [-0.39, 0.29) is 42.8 Å². The molecule has 186 valence electrons. The van der Waals surface area contributed by atoms with Gasteiger partial charge in [0.25, 0.3) is 11.8 Å². The van der Waals surface area contributed by atoms with Crippen molar-refractivity contribution in [1.29, 1.82) is 0 Å². The van der Waals surface area contributed by atoms with E-state index in [9.17, 15) is 18.4 Å². The number of carbonyl (C=O) groups is 2. The van der Waals surface area contributed by atoms with Crippen LogP contribution >= 0.6 is 11.3 Å². The molecule has 0 saturated heterocycles. The summed E-state index contributed by atoms with van der Waals surface area (Å²) in [4.78, 5) is 41.7. The van der Waals surface area contributed by atoms with E-state index in [1.54, 1.807) is 42.4 Å². The molecule has 3 aromatic heterocycles. The lowest BCUT2D eigenvalue weighted by molar-refractivity contribution is 0.0643. The second-order valence-electron chi connectivity index (χ2n) is 8.95. The molecule has 0 spiro atoms. The molecule has 0 unspecified atom stereocenters. The second-order valence-corrected chi connectivity index (χ2v) is 10.1. The first-order valence-corrected chi connectivity index (χ1v) is 12.3. The molecule has 1 aliphatic heterocycles. The Bertz CT molecular complexity index is 1490. The van der Waals surface area contributed by atoms with Gasteiger partial charge in [-0.1, -0.05) is 12.1 Å². The minimum absolute atomic E-state index is 0.0657. The number of aromatic nitrogens is 5. The van der Waals surface area contributed by atoms with Gasteiger partial charge in [0, 0.05) is 37.2 Å². The Kier molecular flexibility index (Phi) is 5.48. The molecule has 12 heteroatoms. The molecule has 4 heterocycles. The van der Waals surface area contributed by atoms with Gasteiger partial charge in [-0.3, -0.25) is 19.5 Å². The number of fused-ring (bicyclic) bond motifs is 1. The Morgan fingerprint density at radius 1 is 1.03 bits per heavy atom. The number of hydrogen-bond donors (Lipinski definition) is 0. The lowest BCUT2D eigenvalue weighted by Gasteiger charge is -2.49. The topological polar surface area (TPSA) is 105 Å². The molecule has 2 aliphatic rings. The SMILES string of the molecule is CN(c1ncc(-c2ncc(CN3C(=O)c4ccccc4C3=O)s2)nn1)C1(c2ncccc2F)CC(F)C1. The summed E-state index contributed by atoms with van der Waals surface area (Å²) in [6.45, 7) is 0.0915. The van der Waals surface area contributed by atoms with Gasteiger partial charge in [-0.15, -0.1) is 21.5 Å². The third-order valence-corrected chi connectivity index (χ3v) is 7.78. The van der Waals surface area contributed by atoms with Crippen molar-refractivity contribution in [2.75, 3.05) is 11.9 Å². The maximum Gasteiger partial charge on any atom is 0.261 e. The van der Waals surface area contributed by atoms with Crippen molar-refractivity contribution in [3.8, 4) is 10.7 Å². The van der Waals surface area contributed by atoms with E-state index in [1.165, 1.54) is 40.8 Å². The number of anilines is 1. The van der Waals surface area contributed by atoms with Crippen molar-refractivity contribution in [1.82, 2.24) is 30.0 Å². The van der Waals surface area contributed by atoms with Gasteiger partial charge in [0.2, 0.25) is 5.95 Å². The lowest BCUT2D eigenvalue weighted by Crippen LogP contribution is -2.56. The highest BCUT2D eigenvalue weighted by atomic mass is 32.1. The quantitative estimate of drug-likeness (QED) is 0.355. The Morgan fingerprint density at radius 2 is 1.76 bits per heavy atom. The van der Waals surface area contributed by atoms with Crippen LogP contribution in [0.15, 0.2) is 55.0 Å². The number of halogens is 2. The van der Waals surface area contributed by atoms with Crippen LogP contribution in [0.3, 0.4) is 0 Å². The standard InChI is InChI=1S/C25H19F2N7O2S/c1-33(25(9-14(26)10-25)20-18(27)7-4-8-28-20)24-30-12-19(31-32-24)21-29-11-15(37-21)13-34-22(35)16-5-2-3-6-17(16)23(34)36/h2-8,11-12,14H,9-10,13H2,1H3. The first kappa shape index (κ1) is 23.2. The highest BCUT2D eigenvalue weighted by molar-refractivity contribution is 7.15. The van der Waals surface area contributed by atoms with Crippen LogP contribution < -0.4 is 4.90 Å². The predicted octanol–water partition coefficient (Wildman–Crippen LogP) is 3.79. The molecular weight excluding hydrogens is 500 g/mol. The zero-order valence-electron chi connectivity index (χ0n) is 19.5. The normalized spacial score (nSPS) is 20.6. The summed E-state index contributed by atoms with van der Waals surface area (Å²) in [5.41, 5.74) is 0.318. The molecule has 6 rings (SSSR count). The number of rotatable bonds is 6. The van der Waals surface area contributed by atoms with Crippen molar-refractivity contribution in [2.45, 2.75) is 31.1 Å². The van der Waals surface area contributed by atoms with Gasteiger partial charge in [0.05, 0.1) is 29.4 Å². The molecule has 1 aromatic carbocycles. The first-order chi connectivity index (χ1) is 17.9. The number of imide groups is 1. The molecular formula is C25H19F2N7O2S. The highest BCUT2D eigenvalue weighted by Crippen LogP contribution is 2.48. The number of hydrogen-bond acceptors (Lipinski definition) is 9. The molecule has 1 fully saturated rings. The second kappa shape index (κ2) is 8.73. The van der Waals surface area contributed by atoms with Crippen LogP contribution in [0.4, 0.5) is 14.7 Å². The summed E-state index contributed by atoms with van der Waals surface area (Å²) in [7, 11) is 1.67. The molecule has 0 atom stereocenters. The number of alkyl halides is 1. The maximum absolute atomic E-state index is 14.5. The van der Waals surface area contributed by atoms with Crippen molar-refractivity contribution in [2.24, 2.45) is 0 Å². The molecule has 9 nitrogen and oxygen atoms in total. The molecule has 0 radical (unpaired) electrons. The fraction of sp³-hybridized carbons (Fsp3) is 0.240. The zero-order chi connectivity index (χ0) is 25.7. The Balaban J connectivity index is 1.20. The van der Waals surface area contributed by atoms with Crippen LogP contribution in [0.2, 0.25) is 0 Å². The van der Waals surface area contributed by atoms with Crippen molar-refractivity contribution in [3.05, 3.63) is 82.5 Å². The van der Waals surface area contributed by atoms with E-state index in [1.807, 2.05) is 0 Å². The van der Waals surface area contributed by atoms with E-state index in [2.05, 4.69) is 25.1 Å². The van der Waals surface area contributed by atoms with Gasteiger partial charge < -0.3 is 4.90 Å².